The molecule has 0 unspecified atom stereocenters. The predicted molar refractivity (Wildman–Crippen MR) is 74.2 cm³/mol. The number of hydrogen-bond acceptors (Lipinski definition) is 4. The number of pyridine rings is 1. The summed E-state index contributed by atoms with van der Waals surface area (Å²) in [5.41, 5.74) is 6.93. The lowest BCUT2D eigenvalue weighted by Crippen LogP contribution is -2.15. The largest absolute Gasteiger partial charge is 0.494 e. The van der Waals surface area contributed by atoms with Crippen LogP contribution in [0.1, 0.15) is 17.4 Å². The topological polar surface area (TPSA) is 77.2 Å². The van der Waals surface area contributed by atoms with Crippen molar-refractivity contribution in [2.75, 3.05) is 17.7 Å². The summed E-state index contributed by atoms with van der Waals surface area (Å²) in [5, 5.41) is 2.73. The lowest BCUT2D eigenvalue weighted by atomic mass is 10.2. The van der Waals surface area contributed by atoms with Gasteiger partial charge in [0.1, 0.15) is 5.75 Å². The van der Waals surface area contributed by atoms with Crippen molar-refractivity contribution in [3.63, 3.8) is 0 Å². The maximum Gasteiger partial charge on any atom is 0.276 e. The summed E-state index contributed by atoms with van der Waals surface area (Å²) < 4.78 is 5.32. The number of nitrogen functional groups attached to an aromatic ring is 1. The van der Waals surface area contributed by atoms with Crippen molar-refractivity contribution in [2.45, 2.75) is 6.92 Å². The molecular formula is C14H15N3O2. The fourth-order valence-corrected chi connectivity index (χ4v) is 1.60. The molecule has 2 rings (SSSR count). The van der Waals surface area contributed by atoms with Crippen molar-refractivity contribution in [1.82, 2.24) is 4.98 Å². The Morgan fingerprint density at radius 1 is 1.32 bits per heavy atom. The number of benzene rings is 1. The normalized spacial score (nSPS) is 9.95. The maximum atomic E-state index is 12.0. The molecule has 3 N–H and O–H groups in total. The first-order chi connectivity index (χ1) is 9.20. The van der Waals surface area contributed by atoms with E-state index in [1.807, 2.05) is 6.92 Å². The second-order valence-electron chi connectivity index (χ2n) is 3.85. The van der Waals surface area contributed by atoms with Crippen LogP contribution in [0.15, 0.2) is 42.6 Å². The summed E-state index contributed by atoms with van der Waals surface area (Å²) in [5.74, 6) is 0.431. The van der Waals surface area contributed by atoms with Gasteiger partial charge in [0.2, 0.25) is 0 Å². The van der Waals surface area contributed by atoms with Gasteiger partial charge in [-0.1, -0.05) is 0 Å². The smallest absolute Gasteiger partial charge is 0.276 e. The van der Waals surface area contributed by atoms with Gasteiger partial charge in [0.15, 0.2) is 5.69 Å². The Bertz CT molecular complexity index is 567. The molecule has 0 atom stereocenters. The van der Waals surface area contributed by atoms with Crippen LogP contribution < -0.4 is 15.8 Å². The van der Waals surface area contributed by atoms with Gasteiger partial charge in [0.05, 0.1) is 12.3 Å². The van der Waals surface area contributed by atoms with Crippen LogP contribution in [-0.4, -0.2) is 17.5 Å². The van der Waals surface area contributed by atoms with Gasteiger partial charge in [-0.15, -0.1) is 0 Å². The fourth-order valence-electron chi connectivity index (χ4n) is 1.60. The average molecular weight is 257 g/mol. The van der Waals surface area contributed by atoms with Crippen molar-refractivity contribution < 1.29 is 9.53 Å². The number of nitrogens with zero attached hydrogens (tertiary/aromatic N) is 1. The van der Waals surface area contributed by atoms with E-state index < -0.39 is 0 Å². The summed E-state index contributed by atoms with van der Waals surface area (Å²) in [7, 11) is 0. The second kappa shape index (κ2) is 5.86. The Balaban J connectivity index is 2.09. The van der Waals surface area contributed by atoms with E-state index in [1.54, 1.807) is 36.4 Å². The van der Waals surface area contributed by atoms with Crippen molar-refractivity contribution in [1.29, 1.82) is 0 Å². The molecule has 0 aliphatic rings. The zero-order valence-corrected chi connectivity index (χ0v) is 10.6. The van der Waals surface area contributed by atoms with Gasteiger partial charge in [0, 0.05) is 11.9 Å². The average Bonchev–Trinajstić information content (AvgIpc) is 2.42. The molecule has 0 bridgehead atoms. The number of aromatic nitrogens is 1. The van der Waals surface area contributed by atoms with Crippen molar-refractivity contribution in [3.05, 3.63) is 48.3 Å². The van der Waals surface area contributed by atoms with E-state index in [4.69, 9.17) is 10.5 Å². The monoisotopic (exact) mass is 257 g/mol. The van der Waals surface area contributed by atoms with E-state index in [0.29, 0.717) is 18.0 Å². The second-order valence-corrected chi connectivity index (χ2v) is 3.85. The van der Waals surface area contributed by atoms with E-state index in [2.05, 4.69) is 10.3 Å². The van der Waals surface area contributed by atoms with E-state index in [0.717, 1.165) is 5.75 Å². The van der Waals surface area contributed by atoms with E-state index in [1.165, 1.54) is 6.20 Å². The first kappa shape index (κ1) is 12.9. The number of carbonyl (C=O) groups excluding carboxylic acids is 1. The molecule has 0 aliphatic heterocycles. The number of amides is 1. The number of ether oxygens (including phenoxy) is 1. The first-order valence-electron chi connectivity index (χ1n) is 5.95. The van der Waals surface area contributed by atoms with Crippen molar-refractivity contribution in [3.8, 4) is 5.75 Å². The number of rotatable bonds is 4. The summed E-state index contributed by atoms with van der Waals surface area (Å²) in [6.07, 6.45) is 1.53. The van der Waals surface area contributed by atoms with Gasteiger partial charge in [-0.2, -0.15) is 0 Å². The molecule has 0 saturated heterocycles. The van der Waals surface area contributed by atoms with Crippen LogP contribution in [-0.2, 0) is 0 Å². The van der Waals surface area contributed by atoms with Gasteiger partial charge in [0.25, 0.3) is 5.91 Å². The molecule has 1 aromatic heterocycles. The third-order valence-corrected chi connectivity index (χ3v) is 2.48. The zero-order chi connectivity index (χ0) is 13.7. The minimum atomic E-state index is -0.331. The highest BCUT2D eigenvalue weighted by molar-refractivity contribution is 6.06. The standard InChI is InChI=1S/C14H15N3O2/c1-2-19-11-7-5-10(6-8-11)17-14(18)13-12(15)4-3-9-16-13/h3-9H,2,15H2,1H3,(H,17,18). The highest BCUT2D eigenvalue weighted by Gasteiger charge is 2.10. The molecule has 0 aliphatic carbocycles. The molecule has 1 amide bonds. The van der Waals surface area contributed by atoms with E-state index in [9.17, 15) is 4.79 Å². The van der Waals surface area contributed by atoms with Crippen LogP contribution in [0.25, 0.3) is 0 Å². The SMILES string of the molecule is CCOc1ccc(NC(=O)c2ncccc2N)cc1. The summed E-state index contributed by atoms with van der Waals surface area (Å²) in [4.78, 5) is 15.9. The summed E-state index contributed by atoms with van der Waals surface area (Å²) >= 11 is 0. The minimum Gasteiger partial charge on any atom is -0.494 e. The van der Waals surface area contributed by atoms with E-state index >= 15 is 0 Å². The molecule has 5 heteroatoms. The van der Waals surface area contributed by atoms with Gasteiger partial charge >= 0.3 is 0 Å². The van der Waals surface area contributed by atoms with E-state index in [-0.39, 0.29) is 11.6 Å². The summed E-state index contributed by atoms with van der Waals surface area (Å²) in [6.45, 7) is 2.52. The molecular weight excluding hydrogens is 242 g/mol. The van der Waals surface area contributed by atoms with Crippen LogP contribution in [0.4, 0.5) is 11.4 Å². The number of carbonyl (C=O) groups is 1. The molecule has 0 fully saturated rings. The van der Waals surface area contributed by atoms with Crippen LogP contribution in [0.3, 0.4) is 0 Å². The quantitative estimate of drug-likeness (QED) is 0.881. The van der Waals surface area contributed by atoms with Crippen LogP contribution in [0.5, 0.6) is 5.75 Å². The fraction of sp³-hybridized carbons (Fsp3) is 0.143. The third kappa shape index (κ3) is 3.22. The Hall–Kier alpha value is -2.56. The third-order valence-electron chi connectivity index (χ3n) is 2.48. The number of nitrogens with two attached hydrogens (primary N) is 1. The Morgan fingerprint density at radius 2 is 2.05 bits per heavy atom. The highest BCUT2D eigenvalue weighted by Crippen LogP contribution is 2.17. The molecule has 5 nitrogen and oxygen atoms in total. The molecule has 98 valence electrons. The molecule has 1 aromatic carbocycles. The van der Waals surface area contributed by atoms with Gasteiger partial charge in [-0.3, -0.25) is 4.79 Å². The first-order valence-corrected chi connectivity index (χ1v) is 5.95. The lowest BCUT2D eigenvalue weighted by molar-refractivity contribution is 0.102. The molecule has 0 radical (unpaired) electrons. The van der Waals surface area contributed by atoms with Crippen LogP contribution in [0.2, 0.25) is 0 Å². The molecule has 19 heavy (non-hydrogen) atoms. The Labute approximate surface area is 111 Å². The lowest BCUT2D eigenvalue weighted by Gasteiger charge is -2.07. The van der Waals surface area contributed by atoms with Gasteiger partial charge in [-0.05, 0) is 43.3 Å². The number of hydrogen-bond donors (Lipinski definition) is 2. The Morgan fingerprint density at radius 3 is 2.68 bits per heavy atom. The predicted octanol–water partition coefficient (Wildman–Crippen LogP) is 2.31. The molecule has 1 heterocycles. The molecule has 0 spiro atoms. The highest BCUT2D eigenvalue weighted by atomic mass is 16.5. The Kier molecular flexibility index (Phi) is 3.97. The number of anilines is 2. The van der Waals surface area contributed by atoms with Gasteiger partial charge < -0.3 is 15.8 Å². The van der Waals surface area contributed by atoms with Crippen molar-refractivity contribution >= 4 is 17.3 Å². The van der Waals surface area contributed by atoms with Crippen LogP contribution in [0, 0.1) is 0 Å². The maximum absolute atomic E-state index is 12.0. The molecule has 0 saturated carbocycles. The number of nitrogens with one attached hydrogen (secondary N) is 1. The van der Waals surface area contributed by atoms with Gasteiger partial charge in [-0.25, -0.2) is 4.98 Å². The zero-order valence-electron chi connectivity index (χ0n) is 10.6. The summed E-state index contributed by atoms with van der Waals surface area (Å²) in [6, 6.07) is 10.4. The minimum absolute atomic E-state index is 0.219. The van der Waals surface area contributed by atoms with Crippen molar-refractivity contribution in [2.24, 2.45) is 0 Å². The van der Waals surface area contributed by atoms with Crippen LogP contribution >= 0.6 is 0 Å². The molecule has 2 aromatic rings.